The van der Waals surface area contributed by atoms with Crippen LogP contribution in [0.25, 0.3) is 0 Å². The molecule has 23 heavy (non-hydrogen) atoms. The fraction of sp³-hybridized carbons (Fsp3) is 0.167. The Morgan fingerprint density at radius 1 is 1.00 bits per heavy atom. The van der Waals surface area contributed by atoms with E-state index in [0.717, 1.165) is 16.0 Å². The van der Waals surface area contributed by atoms with Gasteiger partial charge in [0.05, 0.1) is 16.7 Å². The van der Waals surface area contributed by atoms with Crippen LogP contribution in [0.1, 0.15) is 42.2 Å². The molecule has 0 radical (unpaired) electrons. The molecule has 0 unspecified atom stereocenters. The zero-order valence-electron chi connectivity index (χ0n) is 12.8. The molecule has 2 amide bonds. The van der Waals surface area contributed by atoms with Crippen LogP contribution < -0.4 is 0 Å². The number of carbonyl (C=O) groups excluding carboxylic acids is 3. The molecular formula is C18H15NO4. The third-order valence-electron chi connectivity index (χ3n) is 3.82. The smallest absolute Gasteiger partial charge is 0.340 e. The number of hydrogen-bond donors (Lipinski definition) is 0. The van der Waals surface area contributed by atoms with E-state index < -0.39 is 24.5 Å². The first-order valence-electron chi connectivity index (χ1n) is 7.18. The zero-order valence-corrected chi connectivity index (χ0v) is 12.8. The number of nitrogens with zero attached hydrogens (tertiary/aromatic N) is 1. The van der Waals surface area contributed by atoms with Gasteiger partial charge in [0.15, 0.2) is 6.73 Å². The Hall–Kier alpha value is -2.95. The highest BCUT2D eigenvalue weighted by atomic mass is 16.5. The zero-order chi connectivity index (χ0) is 16.6. The lowest BCUT2D eigenvalue weighted by Gasteiger charge is -2.14. The highest BCUT2D eigenvalue weighted by Gasteiger charge is 2.35. The van der Waals surface area contributed by atoms with Crippen molar-refractivity contribution in [2.24, 2.45) is 0 Å². The van der Waals surface area contributed by atoms with Gasteiger partial charge in [0.25, 0.3) is 11.8 Å². The monoisotopic (exact) mass is 309 g/mol. The van der Waals surface area contributed by atoms with Crippen LogP contribution in [0.3, 0.4) is 0 Å². The van der Waals surface area contributed by atoms with Crippen molar-refractivity contribution in [2.45, 2.75) is 13.8 Å². The van der Waals surface area contributed by atoms with Crippen molar-refractivity contribution < 1.29 is 19.1 Å². The Bertz CT molecular complexity index is 791. The number of fused-ring (bicyclic) bond motifs is 1. The summed E-state index contributed by atoms with van der Waals surface area (Å²) in [5.41, 5.74) is 2.81. The summed E-state index contributed by atoms with van der Waals surface area (Å²) < 4.78 is 5.17. The van der Waals surface area contributed by atoms with Gasteiger partial charge in [-0.15, -0.1) is 0 Å². The minimum atomic E-state index is -0.553. The molecule has 0 bridgehead atoms. The van der Waals surface area contributed by atoms with Crippen molar-refractivity contribution in [3.8, 4) is 0 Å². The van der Waals surface area contributed by atoms with E-state index in [9.17, 15) is 14.4 Å². The fourth-order valence-corrected chi connectivity index (χ4v) is 2.51. The minimum absolute atomic E-state index is 0.334. The van der Waals surface area contributed by atoms with Crippen molar-refractivity contribution in [1.82, 2.24) is 4.90 Å². The Morgan fingerprint density at radius 3 is 2.22 bits per heavy atom. The average Bonchev–Trinajstić information content (AvgIpc) is 2.79. The highest BCUT2D eigenvalue weighted by molar-refractivity contribution is 6.21. The van der Waals surface area contributed by atoms with Crippen molar-refractivity contribution >= 4 is 17.8 Å². The number of rotatable bonds is 3. The van der Waals surface area contributed by atoms with Crippen molar-refractivity contribution in [2.75, 3.05) is 6.73 Å². The molecule has 0 atom stereocenters. The quantitative estimate of drug-likeness (QED) is 0.646. The fourth-order valence-electron chi connectivity index (χ4n) is 2.51. The number of amides is 2. The van der Waals surface area contributed by atoms with E-state index in [1.165, 1.54) is 0 Å². The molecule has 1 aliphatic heterocycles. The van der Waals surface area contributed by atoms with Gasteiger partial charge in [-0.2, -0.15) is 0 Å². The molecule has 116 valence electrons. The second-order valence-electron chi connectivity index (χ2n) is 5.46. The summed E-state index contributed by atoms with van der Waals surface area (Å²) in [5.74, 6) is -1.44. The summed E-state index contributed by atoms with van der Waals surface area (Å²) in [6, 6.07) is 12.0. The summed E-state index contributed by atoms with van der Waals surface area (Å²) in [6.45, 7) is 3.29. The van der Waals surface area contributed by atoms with Gasteiger partial charge in [-0.1, -0.05) is 29.8 Å². The molecule has 2 aromatic carbocycles. The molecule has 0 aromatic heterocycles. The number of benzene rings is 2. The normalized spacial score (nSPS) is 13.2. The van der Waals surface area contributed by atoms with E-state index in [2.05, 4.69) is 0 Å². The van der Waals surface area contributed by atoms with Crippen LogP contribution in [0.2, 0.25) is 0 Å². The number of hydrogen-bond acceptors (Lipinski definition) is 4. The summed E-state index contributed by atoms with van der Waals surface area (Å²) in [7, 11) is 0. The average molecular weight is 309 g/mol. The molecule has 0 saturated heterocycles. The minimum Gasteiger partial charge on any atom is -0.440 e. The third kappa shape index (κ3) is 2.61. The number of imide groups is 1. The van der Waals surface area contributed by atoms with E-state index in [1.54, 1.807) is 37.3 Å². The highest BCUT2D eigenvalue weighted by Crippen LogP contribution is 2.22. The molecule has 1 heterocycles. The van der Waals surface area contributed by atoms with Crippen LogP contribution in [0.15, 0.2) is 42.5 Å². The van der Waals surface area contributed by atoms with Crippen LogP contribution in [-0.2, 0) is 4.74 Å². The first-order chi connectivity index (χ1) is 11.0. The maximum absolute atomic E-state index is 12.2. The van der Waals surface area contributed by atoms with Crippen LogP contribution in [0, 0.1) is 13.8 Å². The second-order valence-corrected chi connectivity index (χ2v) is 5.46. The molecule has 2 aromatic rings. The van der Waals surface area contributed by atoms with Crippen molar-refractivity contribution in [3.05, 3.63) is 70.3 Å². The first-order valence-corrected chi connectivity index (χ1v) is 7.18. The number of carbonyl (C=O) groups is 3. The van der Waals surface area contributed by atoms with E-state index >= 15 is 0 Å². The molecule has 5 heteroatoms. The van der Waals surface area contributed by atoms with Crippen LogP contribution >= 0.6 is 0 Å². The summed E-state index contributed by atoms with van der Waals surface area (Å²) in [4.78, 5) is 37.5. The largest absolute Gasteiger partial charge is 0.440 e. The van der Waals surface area contributed by atoms with Gasteiger partial charge in [-0.3, -0.25) is 9.59 Å². The standard InChI is InChI=1S/C18H15NO4/c1-11-7-8-12(2)15(9-11)18(22)23-10-19-16(20)13-5-3-4-6-14(13)17(19)21/h3-9H,10H2,1-2H3. The van der Waals surface area contributed by atoms with Gasteiger partial charge in [0.2, 0.25) is 0 Å². The molecule has 0 aliphatic carbocycles. The van der Waals surface area contributed by atoms with Crippen LogP contribution in [0.5, 0.6) is 0 Å². The molecule has 5 nitrogen and oxygen atoms in total. The Labute approximate surface area is 133 Å². The number of esters is 1. The van der Waals surface area contributed by atoms with Crippen LogP contribution in [-0.4, -0.2) is 29.4 Å². The molecule has 0 spiro atoms. The lowest BCUT2D eigenvalue weighted by molar-refractivity contribution is 0.0227. The SMILES string of the molecule is Cc1ccc(C)c(C(=O)OCN2C(=O)c3ccccc3C2=O)c1. The van der Waals surface area contributed by atoms with E-state index in [4.69, 9.17) is 4.74 Å². The van der Waals surface area contributed by atoms with Gasteiger partial charge >= 0.3 is 5.97 Å². The maximum atomic E-state index is 12.2. The molecule has 0 saturated carbocycles. The Morgan fingerprint density at radius 2 is 1.61 bits per heavy atom. The molecule has 1 aliphatic rings. The molecule has 3 rings (SSSR count). The van der Waals surface area contributed by atoms with Gasteiger partial charge in [0, 0.05) is 0 Å². The van der Waals surface area contributed by atoms with Crippen molar-refractivity contribution in [3.63, 3.8) is 0 Å². The van der Waals surface area contributed by atoms with Gasteiger partial charge in [0.1, 0.15) is 0 Å². The number of aryl methyl sites for hydroxylation is 2. The van der Waals surface area contributed by atoms with E-state index in [-0.39, 0.29) is 0 Å². The maximum Gasteiger partial charge on any atom is 0.340 e. The van der Waals surface area contributed by atoms with Crippen molar-refractivity contribution in [1.29, 1.82) is 0 Å². The molecular weight excluding hydrogens is 294 g/mol. The Kier molecular flexibility index (Phi) is 3.70. The molecule has 0 fully saturated rings. The first kappa shape index (κ1) is 15.0. The summed E-state index contributed by atoms with van der Waals surface area (Å²) >= 11 is 0. The van der Waals surface area contributed by atoms with Gasteiger partial charge < -0.3 is 4.74 Å². The predicted octanol–water partition coefficient (Wildman–Crippen LogP) is 2.71. The summed E-state index contributed by atoms with van der Waals surface area (Å²) in [5, 5.41) is 0. The third-order valence-corrected chi connectivity index (χ3v) is 3.82. The van der Waals surface area contributed by atoms with E-state index in [1.807, 2.05) is 19.1 Å². The summed E-state index contributed by atoms with van der Waals surface area (Å²) in [6.07, 6.45) is 0. The van der Waals surface area contributed by atoms with Gasteiger partial charge in [-0.25, -0.2) is 9.69 Å². The predicted molar refractivity (Wildman–Crippen MR) is 83.1 cm³/mol. The topological polar surface area (TPSA) is 63.7 Å². The van der Waals surface area contributed by atoms with E-state index in [0.29, 0.717) is 16.7 Å². The lowest BCUT2D eigenvalue weighted by Crippen LogP contribution is -2.33. The second kappa shape index (κ2) is 5.68. The van der Waals surface area contributed by atoms with Crippen LogP contribution in [0.4, 0.5) is 0 Å². The number of ether oxygens (including phenoxy) is 1. The van der Waals surface area contributed by atoms with Gasteiger partial charge in [-0.05, 0) is 37.6 Å². The Balaban J connectivity index is 1.75. The molecule has 0 N–H and O–H groups in total. The lowest BCUT2D eigenvalue weighted by atomic mass is 10.1.